The highest BCUT2D eigenvalue weighted by atomic mass is 19.1. The molecule has 26 heavy (non-hydrogen) atoms. The van der Waals surface area contributed by atoms with Crippen LogP contribution in [0.3, 0.4) is 0 Å². The summed E-state index contributed by atoms with van der Waals surface area (Å²) in [7, 11) is 1.38. The first kappa shape index (κ1) is 17.2. The van der Waals surface area contributed by atoms with Gasteiger partial charge in [0, 0.05) is 19.8 Å². The lowest BCUT2D eigenvalue weighted by Crippen LogP contribution is -2.41. The zero-order valence-electron chi connectivity index (χ0n) is 13.9. The van der Waals surface area contributed by atoms with Gasteiger partial charge in [-0.25, -0.2) is 18.4 Å². The Bertz CT molecular complexity index is 1100. The highest BCUT2D eigenvalue weighted by molar-refractivity contribution is 6.02. The Morgan fingerprint density at radius 3 is 2.77 bits per heavy atom. The number of amides is 1. The van der Waals surface area contributed by atoms with E-state index in [-0.39, 0.29) is 17.2 Å². The van der Waals surface area contributed by atoms with E-state index in [9.17, 15) is 18.8 Å². The van der Waals surface area contributed by atoms with Crippen LogP contribution in [0.15, 0.2) is 40.1 Å². The zero-order chi connectivity index (χ0) is 18.8. The Labute approximate surface area is 145 Å². The molecule has 1 amide bonds. The molecule has 0 saturated carbocycles. The molecule has 0 aliphatic carbocycles. The molecule has 0 bridgehead atoms. The van der Waals surface area contributed by atoms with Crippen molar-refractivity contribution in [3.05, 3.63) is 62.7 Å². The maximum Gasteiger partial charge on any atom is 0.335 e. The van der Waals surface area contributed by atoms with E-state index in [4.69, 9.17) is 0 Å². The number of benzene rings is 1. The molecule has 10 nitrogen and oxygen atoms in total. The van der Waals surface area contributed by atoms with Gasteiger partial charge in [0.25, 0.3) is 11.5 Å². The largest absolute Gasteiger partial charge is 0.335 e. The fourth-order valence-electron chi connectivity index (χ4n) is 2.34. The number of carbonyl (C=O) groups excluding carboxylic acids is 1. The van der Waals surface area contributed by atoms with Crippen LogP contribution < -0.4 is 16.6 Å². The average Bonchev–Trinajstić information content (AvgIpc) is 3.05. The van der Waals surface area contributed by atoms with Crippen molar-refractivity contribution >= 4 is 11.9 Å². The van der Waals surface area contributed by atoms with Crippen molar-refractivity contribution in [2.75, 3.05) is 5.32 Å². The molecule has 0 saturated heterocycles. The number of tetrazole rings is 1. The van der Waals surface area contributed by atoms with Crippen LogP contribution in [0, 0.1) is 5.82 Å². The molecule has 0 aliphatic rings. The molecular formula is C15H14FN7O3. The molecular weight excluding hydrogens is 345 g/mol. The first-order chi connectivity index (χ1) is 12.4. The number of halogens is 1. The molecule has 2 heterocycles. The van der Waals surface area contributed by atoms with Crippen LogP contribution in [0.25, 0.3) is 5.69 Å². The molecule has 0 fully saturated rings. The Hall–Kier alpha value is -3.63. The minimum absolute atomic E-state index is 0.0173. The summed E-state index contributed by atoms with van der Waals surface area (Å²) < 4.78 is 16.6. The van der Waals surface area contributed by atoms with Crippen molar-refractivity contribution in [3.8, 4) is 5.69 Å². The predicted octanol–water partition coefficient (Wildman–Crippen LogP) is -0.0660. The van der Waals surface area contributed by atoms with Crippen molar-refractivity contribution in [1.82, 2.24) is 29.3 Å². The van der Waals surface area contributed by atoms with Gasteiger partial charge in [-0.3, -0.25) is 14.9 Å². The van der Waals surface area contributed by atoms with E-state index in [0.717, 1.165) is 21.4 Å². The molecule has 3 rings (SSSR count). The minimum atomic E-state index is -0.883. The summed E-state index contributed by atoms with van der Waals surface area (Å²) in [4.78, 5) is 37.5. The van der Waals surface area contributed by atoms with E-state index >= 15 is 0 Å². The monoisotopic (exact) mass is 359 g/mol. The van der Waals surface area contributed by atoms with E-state index in [2.05, 4.69) is 20.8 Å². The van der Waals surface area contributed by atoms with Gasteiger partial charge in [0.05, 0.1) is 5.69 Å². The molecule has 0 aliphatic heterocycles. The summed E-state index contributed by atoms with van der Waals surface area (Å²) in [6.45, 7) is 2.18. The van der Waals surface area contributed by atoms with E-state index in [1.807, 2.05) is 0 Å². The Morgan fingerprint density at radius 1 is 1.31 bits per heavy atom. The molecule has 134 valence electrons. The first-order valence-corrected chi connectivity index (χ1v) is 7.58. The van der Waals surface area contributed by atoms with Gasteiger partial charge in [0.2, 0.25) is 5.95 Å². The zero-order valence-corrected chi connectivity index (χ0v) is 13.9. The first-order valence-electron chi connectivity index (χ1n) is 7.58. The number of aromatic nitrogens is 6. The second kappa shape index (κ2) is 6.70. The third-order valence-corrected chi connectivity index (χ3v) is 3.62. The van der Waals surface area contributed by atoms with E-state index in [1.54, 1.807) is 6.92 Å². The van der Waals surface area contributed by atoms with E-state index < -0.39 is 23.0 Å². The SMILES string of the molecule is CCn1nnnc1NC(=O)c1cn(C)c(=O)n(-c2cccc(F)c2)c1=O. The number of hydrogen-bond donors (Lipinski definition) is 1. The second-order valence-corrected chi connectivity index (χ2v) is 5.33. The smallest absolute Gasteiger partial charge is 0.302 e. The lowest BCUT2D eigenvalue weighted by atomic mass is 10.2. The molecule has 3 aromatic rings. The van der Waals surface area contributed by atoms with Gasteiger partial charge < -0.3 is 4.57 Å². The summed E-state index contributed by atoms with van der Waals surface area (Å²) in [6.07, 6.45) is 1.11. The number of nitrogens with zero attached hydrogens (tertiary/aromatic N) is 6. The summed E-state index contributed by atoms with van der Waals surface area (Å²) in [5, 5.41) is 13.2. The highest BCUT2D eigenvalue weighted by Gasteiger charge is 2.19. The molecule has 1 N–H and O–H groups in total. The van der Waals surface area contributed by atoms with Crippen molar-refractivity contribution in [2.24, 2.45) is 7.05 Å². The molecule has 0 unspecified atom stereocenters. The standard InChI is InChI=1S/C15H14FN7O3/c1-3-22-14(18-19-20-22)17-12(24)11-8-21(2)15(26)23(13(11)25)10-6-4-5-9(16)7-10/h4-8H,3H2,1-2H3,(H,17,18,20,24). The quantitative estimate of drug-likeness (QED) is 0.697. The van der Waals surface area contributed by atoms with Crippen molar-refractivity contribution < 1.29 is 9.18 Å². The van der Waals surface area contributed by atoms with Crippen LogP contribution in [-0.4, -0.2) is 35.2 Å². The van der Waals surface area contributed by atoms with Crippen LogP contribution in [-0.2, 0) is 13.6 Å². The van der Waals surface area contributed by atoms with Gasteiger partial charge in [-0.1, -0.05) is 11.2 Å². The molecule has 0 radical (unpaired) electrons. The van der Waals surface area contributed by atoms with Gasteiger partial charge in [-0.15, -0.1) is 0 Å². The van der Waals surface area contributed by atoms with Gasteiger partial charge in [-0.2, -0.15) is 0 Å². The Balaban J connectivity index is 2.10. The van der Waals surface area contributed by atoms with Crippen LogP contribution in [0.2, 0.25) is 0 Å². The van der Waals surface area contributed by atoms with Crippen LogP contribution >= 0.6 is 0 Å². The third-order valence-electron chi connectivity index (χ3n) is 3.62. The van der Waals surface area contributed by atoms with E-state index in [0.29, 0.717) is 6.54 Å². The number of nitrogens with one attached hydrogen (secondary N) is 1. The van der Waals surface area contributed by atoms with Crippen molar-refractivity contribution in [3.63, 3.8) is 0 Å². The average molecular weight is 359 g/mol. The minimum Gasteiger partial charge on any atom is -0.302 e. The van der Waals surface area contributed by atoms with Crippen LogP contribution in [0.4, 0.5) is 10.3 Å². The maximum atomic E-state index is 13.5. The molecule has 0 spiro atoms. The van der Waals surface area contributed by atoms with Crippen molar-refractivity contribution in [1.29, 1.82) is 0 Å². The lowest BCUT2D eigenvalue weighted by Gasteiger charge is -2.10. The Morgan fingerprint density at radius 2 is 2.08 bits per heavy atom. The number of anilines is 1. The number of rotatable bonds is 4. The Kier molecular flexibility index (Phi) is 4.43. The summed E-state index contributed by atoms with van der Waals surface area (Å²) in [5.41, 5.74) is -1.90. The fraction of sp³-hybridized carbons (Fsp3) is 0.200. The van der Waals surface area contributed by atoms with Crippen LogP contribution in [0.5, 0.6) is 0 Å². The molecule has 2 aromatic heterocycles. The van der Waals surface area contributed by atoms with Crippen LogP contribution in [0.1, 0.15) is 17.3 Å². The number of aryl methyl sites for hydroxylation is 2. The number of hydrogen-bond acceptors (Lipinski definition) is 6. The molecule has 11 heteroatoms. The summed E-state index contributed by atoms with van der Waals surface area (Å²) >= 11 is 0. The summed E-state index contributed by atoms with van der Waals surface area (Å²) in [6, 6.07) is 4.96. The van der Waals surface area contributed by atoms with Gasteiger partial charge in [-0.05, 0) is 35.5 Å². The highest BCUT2D eigenvalue weighted by Crippen LogP contribution is 2.07. The van der Waals surface area contributed by atoms with Gasteiger partial charge in [0.15, 0.2) is 0 Å². The second-order valence-electron chi connectivity index (χ2n) is 5.33. The maximum absolute atomic E-state index is 13.5. The van der Waals surface area contributed by atoms with Gasteiger partial charge in [0.1, 0.15) is 11.4 Å². The van der Waals surface area contributed by atoms with Gasteiger partial charge >= 0.3 is 5.69 Å². The third kappa shape index (κ3) is 3.01. The molecule has 0 atom stereocenters. The fourth-order valence-corrected chi connectivity index (χ4v) is 2.34. The topological polar surface area (TPSA) is 117 Å². The number of carbonyl (C=O) groups is 1. The normalized spacial score (nSPS) is 10.7. The lowest BCUT2D eigenvalue weighted by molar-refractivity contribution is 0.102. The molecule has 1 aromatic carbocycles. The summed E-state index contributed by atoms with van der Waals surface area (Å²) in [5.74, 6) is -1.35. The van der Waals surface area contributed by atoms with E-state index in [1.165, 1.54) is 29.9 Å². The van der Waals surface area contributed by atoms with Crippen molar-refractivity contribution in [2.45, 2.75) is 13.5 Å². The predicted molar refractivity (Wildman–Crippen MR) is 88.7 cm³/mol.